The van der Waals surface area contributed by atoms with Gasteiger partial charge in [-0.3, -0.25) is 4.90 Å². The lowest BCUT2D eigenvalue weighted by molar-refractivity contribution is -0.143. The Morgan fingerprint density at radius 1 is 1.12 bits per heavy atom. The van der Waals surface area contributed by atoms with Gasteiger partial charge in [-0.1, -0.05) is 48.5 Å². The molecule has 2 aliphatic rings. The standard InChI is InChI=1S/C25H25N3O4/c1-2-27(23(24(29)30)22-13-26-15-28(22)16-11-12-16)25(31)32-14-21-19-9-5-3-7-17(19)18-8-4-6-10-20(18)21/h3-10,13,15-16,21,23H,2,11-12,14H2,1H3,(H,29,30). The summed E-state index contributed by atoms with van der Waals surface area (Å²) in [5, 5.41) is 9.97. The van der Waals surface area contributed by atoms with Crippen LogP contribution in [0.4, 0.5) is 4.79 Å². The van der Waals surface area contributed by atoms with Crippen molar-refractivity contribution in [3.63, 3.8) is 0 Å². The molecule has 1 unspecified atom stereocenters. The molecule has 1 heterocycles. The number of carboxylic acids is 1. The van der Waals surface area contributed by atoms with E-state index in [9.17, 15) is 14.7 Å². The van der Waals surface area contributed by atoms with Gasteiger partial charge in [-0.05, 0) is 42.0 Å². The van der Waals surface area contributed by atoms with Crippen molar-refractivity contribution in [2.24, 2.45) is 0 Å². The Labute approximate surface area is 186 Å². The number of carboxylic acid groups (broad SMARTS) is 1. The van der Waals surface area contributed by atoms with Gasteiger partial charge in [0.05, 0.1) is 18.2 Å². The van der Waals surface area contributed by atoms with Gasteiger partial charge >= 0.3 is 12.1 Å². The molecule has 0 saturated heterocycles. The van der Waals surface area contributed by atoms with Crippen LogP contribution in [0.5, 0.6) is 0 Å². The number of imidazole rings is 1. The molecule has 5 rings (SSSR count). The fraction of sp³-hybridized carbons (Fsp3) is 0.320. The third kappa shape index (κ3) is 3.43. The van der Waals surface area contributed by atoms with Gasteiger partial charge in [0, 0.05) is 18.5 Å². The second kappa shape index (κ2) is 8.15. The number of amides is 1. The molecule has 164 valence electrons. The zero-order valence-corrected chi connectivity index (χ0v) is 17.8. The SMILES string of the molecule is CCN(C(=O)OCC1c2ccccc2-c2ccccc21)C(C(=O)O)c1cncn1C1CC1. The largest absolute Gasteiger partial charge is 0.479 e. The molecule has 2 aliphatic carbocycles. The second-order valence-corrected chi connectivity index (χ2v) is 8.29. The second-order valence-electron chi connectivity index (χ2n) is 8.29. The van der Waals surface area contributed by atoms with Crippen LogP contribution >= 0.6 is 0 Å². The maximum Gasteiger partial charge on any atom is 0.410 e. The summed E-state index contributed by atoms with van der Waals surface area (Å²) in [5.41, 5.74) is 5.04. The molecular weight excluding hydrogens is 406 g/mol. The summed E-state index contributed by atoms with van der Waals surface area (Å²) >= 11 is 0. The van der Waals surface area contributed by atoms with E-state index in [1.807, 2.05) is 28.8 Å². The first-order valence-electron chi connectivity index (χ1n) is 11.0. The first-order chi connectivity index (χ1) is 15.6. The average Bonchev–Trinajstić information content (AvgIpc) is 3.45. The van der Waals surface area contributed by atoms with Crippen LogP contribution in [-0.2, 0) is 9.53 Å². The van der Waals surface area contributed by atoms with Crippen molar-refractivity contribution in [3.05, 3.63) is 77.9 Å². The molecule has 1 saturated carbocycles. The highest BCUT2D eigenvalue weighted by Gasteiger charge is 2.37. The van der Waals surface area contributed by atoms with E-state index in [1.54, 1.807) is 13.3 Å². The number of carbonyl (C=O) groups excluding carboxylic acids is 1. The van der Waals surface area contributed by atoms with Crippen LogP contribution in [0.1, 0.15) is 54.6 Å². The Bertz CT molecular complexity index is 1120. The van der Waals surface area contributed by atoms with Crippen LogP contribution in [0.3, 0.4) is 0 Å². The summed E-state index contributed by atoms with van der Waals surface area (Å²) in [6.45, 7) is 2.12. The van der Waals surface area contributed by atoms with Gasteiger partial charge < -0.3 is 14.4 Å². The number of aromatic nitrogens is 2. The molecule has 2 aromatic carbocycles. The summed E-state index contributed by atoms with van der Waals surface area (Å²) in [5.74, 6) is -1.17. The molecule has 7 heteroatoms. The monoisotopic (exact) mass is 431 g/mol. The zero-order valence-electron chi connectivity index (χ0n) is 17.8. The molecule has 1 atom stereocenters. The molecule has 7 nitrogen and oxygen atoms in total. The third-order valence-electron chi connectivity index (χ3n) is 6.37. The fourth-order valence-corrected chi connectivity index (χ4v) is 4.70. The van der Waals surface area contributed by atoms with E-state index >= 15 is 0 Å². The minimum Gasteiger partial charge on any atom is -0.479 e. The lowest BCUT2D eigenvalue weighted by Gasteiger charge is -2.28. The summed E-state index contributed by atoms with van der Waals surface area (Å²) < 4.78 is 7.61. The van der Waals surface area contributed by atoms with Crippen LogP contribution in [-0.4, -0.2) is 44.8 Å². The highest BCUT2D eigenvalue weighted by Crippen LogP contribution is 2.44. The maximum atomic E-state index is 13.1. The molecule has 0 radical (unpaired) electrons. The Balaban J connectivity index is 1.38. The predicted octanol–water partition coefficient (Wildman–Crippen LogP) is 4.61. The van der Waals surface area contributed by atoms with E-state index < -0.39 is 18.1 Å². The van der Waals surface area contributed by atoms with Gasteiger partial charge in [-0.15, -0.1) is 0 Å². The highest BCUT2D eigenvalue weighted by molar-refractivity contribution is 5.82. The highest BCUT2D eigenvalue weighted by atomic mass is 16.6. The number of hydrogen-bond acceptors (Lipinski definition) is 4. The predicted molar refractivity (Wildman–Crippen MR) is 118 cm³/mol. The smallest absolute Gasteiger partial charge is 0.410 e. The van der Waals surface area contributed by atoms with Crippen molar-refractivity contribution < 1.29 is 19.4 Å². The lowest BCUT2D eigenvalue weighted by atomic mass is 9.98. The fourth-order valence-electron chi connectivity index (χ4n) is 4.70. The van der Waals surface area contributed by atoms with E-state index in [2.05, 4.69) is 29.2 Å². The zero-order chi connectivity index (χ0) is 22.2. The summed E-state index contributed by atoms with van der Waals surface area (Å²) in [4.78, 5) is 30.7. The van der Waals surface area contributed by atoms with Gasteiger partial charge in [-0.25, -0.2) is 14.6 Å². The van der Waals surface area contributed by atoms with Gasteiger partial charge in [0.1, 0.15) is 6.61 Å². The molecule has 1 fully saturated rings. The van der Waals surface area contributed by atoms with Gasteiger partial charge in [0.2, 0.25) is 0 Å². The normalized spacial score (nSPS) is 15.7. The number of ether oxygens (including phenoxy) is 1. The molecule has 3 aromatic rings. The van der Waals surface area contributed by atoms with Crippen LogP contribution in [0.15, 0.2) is 61.1 Å². The van der Waals surface area contributed by atoms with Crippen molar-refractivity contribution in [2.45, 2.75) is 37.8 Å². The number of rotatable bonds is 7. The average molecular weight is 431 g/mol. The van der Waals surface area contributed by atoms with E-state index in [1.165, 1.54) is 11.1 Å². The summed E-state index contributed by atoms with van der Waals surface area (Å²) in [6, 6.07) is 15.4. The van der Waals surface area contributed by atoms with Crippen LogP contribution in [0, 0.1) is 0 Å². The topological polar surface area (TPSA) is 84.7 Å². The van der Waals surface area contributed by atoms with Crippen molar-refractivity contribution >= 4 is 12.1 Å². The number of carbonyl (C=O) groups is 2. The van der Waals surface area contributed by atoms with Crippen molar-refractivity contribution in [3.8, 4) is 11.1 Å². The number of aliphatic carboxylic acids is 1. The van der Waals surface area contributed by atoms with E-state index in [0.29, 0.717) is 5.69 Å². The van der Waals surface area contributed by atoms with Crippen molar-refractivity contribution in [1.82, 2.24) is 14.5 Å². The Hall–Kier alpha value is -3.61. The summed E-state index contributed by atoms with van der Waals surface area (Å²) in [6.07, 6.45) is 4.54. The van der Waals surface area contributed by atoms with Crippen LogP contribution < -0.4 is 0 Å². The van der Waals surface area contributed by atoms with E-state index in [0.717, 1.165) is 35.1 Å². The lowest BCUT2D eigenvalue weighted by Crippen LogP contribution is -2.40. The van der Waals surface area contributed by atoms with E-state index in [-0.39, 0.29) is 25.1 Å². The first-order valence-corrected chi connectivity index (χ1v) is 11.0. The molecule has 0 aliphatic heterocycles. The number of hydrogen-bond donors (Lipinski definition) is 1. The van der Waals surface area contributed by atoms with Gasteiger partial charge in [-0.2, -0.15) is 0 Å². The molecule has 0 bridgehead atoms. The molecule has 0 spiro atoms. The quantitative estimate of drug-likeness (QED) is 0.590. The molecule has 32 heavy (non-hydrogen) atoms. The molecular formula is C25H25N3O4. The number of likely N-dealkylation sites (N-methyl/N-ethyl adjacent to an activating group) is 1. The first kappa shape index (κ1) is 20.3. The minimum atomic E-state index is -1.14. The van der Waals surface area contributed by atoms with Gasteiger partial charge in [0.25, 0.3) is 0 Å². The van der Waals surface area contributed by atoms with Gasteiger partial charge in [0.15, 0.2) is 6.04 Å². The molecule has 1 amide bonds. The number of nitrogens with zero attached hydrogens (tertiary/aromatic N) is 3. The maximum absolute atomic E-state index is 13.1. The Kier molecular flexibility index (Phi) is 5.17. The van der Waals surface area contributed by atoms with Crippen LogP contribution in [0.2, 0.25) is 0 Å². The van der Waals surface area contributed by atoms with E-state index in [4.69, 9.17) is 4.74 Å². The Morgan fingerprint density at radius 3 is 2.31 bits per heavy atom. The third-order valence-corrected chi connectivity index (χ3v) is 6.37. The van der Waals surface area contributed by atoms with Crippen molar-refractivity contribution in [1.29, 1.82) is 0 Å². The number of fused-ring (bicyclic) bond motifs is 3. The summed E-state index contributed by atoms with van der Waals surface area (Å²) in [7, 11) is 0. The number of benzene rings is 2. The molecule has 1 aromatic heterocycles. The van der Waals surface area contributed by atoms with Crippen molar-refractivity contribution in [2.75, 3.05) is 13.2 Å². The van der Waals surface area contributed by atoms with Crippen LogP contribution in [0.25, 0.3) is 11.1 Å². The Morgan fingerprint density at radius 2 is 1.75 bits per heavy atom. The minimum absolute atomic E-state index is 0.0784. The molecule has 1 N–H and O–H groups in total.